The van der Waals surface area contributed by atoms with Crippen LogP contribution in [0.3, 0.4) is 0 Å². The average Bonchev–Trinajstić information content (AvgIpc) is 3.44. The standard InChI is InChI=1S/C22H29N3O2/c1(3-17-4-7-23-8-5-17)2-10-26-15-19-12-22(19)18-11-21(14-24-13-18)27-16-20-6-9-25-20/h4-5,7-8,11,13-14,19-20,22,25H,1-3,6,9-10,12,15-16H2/t19-,20+,22-/m1/s1. The normalized spacial score (nSPS) is 23.6. The highest BCUT2D eigenvalue weighted by atomic mass is 16.5. The highest BCUT2D eigenvalue weighted by Gasteiger charge is 2.38. The summed E-state index contributed by atoms with van der Waals surface area (Å²) < 4.78 is 11.8. The lowest BCUT2D eigenvalue weighted by molar-refractivity contribution is 0.119. The number of hydrogen-bond acceptors (Lipinski definition) is 5. The number of aryl methyl sites for hydroxylation is 1. The minimum Gasteiger partial charge on any atom is -0.490 e. The molecule has 2 fully saturated rings. The predicted molar refractivity (Wildman–Crippen MR) is 105 cm³/mol. The molecule has 1 aliphatic heterocycles. The van der Waals surface area contributed by atoms with E-state index in [0.717, 1.165) is 51.4 Å². The molecule has 4 rings (SSSR count). The van der Waals surface area contributed by atoms with Gasteiger partial charge in [-0.05, 0) is 79.8 Å². The van der Waals surface area contributed by atoms with Crippen LogP contribution in [0.15, 0.2) is 43.0 Å². The lowest BCUT2D eigenvalue weighted by Gasteiger charge is -2.27. The van der Waals surface area contributed by atoms with Crippen LogP contribution in [0.25, 0.3) is 0 Å². The minimum atomic E-state index is 0.509. The fraction of sp³-hybridized carbons (Fsp3) is 0.545. The molecule has 2 aromatic rings. The molecule has 1 saturated heterocycles. The van der Waals surface area contributed by atoms with Crippen molar-refractivity contribution in [3.05, 3.63) is 54.1 Å². The molecule has 1 saturated carbocycles. The van der Waals surface area contributed by atoms with Gasteiger partial charge in [0, 0.05) is 37.8 Å². The van der Waals surface area contributed by atoms with Gasteiger partial charge >= 0.3 is 0 Å². The molecule has 0 spiro atoms. The molecule has 1 aliphatic carbocycles. The summed E-state index contributed by atoms with van der Waals surface area (Å²) in [6.07, 6.45) is 13.3. The van der Waals surface area contributed by atoms with Crippen molar-refractivity contribution in [1.29, 1.82) is 0 Å². The van der Waals surface area contributed by atoms with E-state index in [1.807, 2.05) is 24.8 Å². The SMILES string of the molecule is c1cc(CCCCOC[C@H]2C[C@@H]2c2cncc(OC[C@@H]3CCN3)c2)ccn1. The second kappa shape index (κ2) is 9.29. The highest BCUT2D eigenvalue weighted by Crippen LogP contribution is 2.47. The number of aromatic nitrogens is 2. The van der Waals surface area contributed by atoms with Crippen LogP contribution in [0.1, 0.15) is 42.7 Å². The lowest BCUT2D eigenvalue weighted by atomic mass is 10.1. The minimum absolute atomic E-state index is 0.509. The van der Waals surface area contributed by atoms with Crippen LogP contribution in [0.4, 0.5) is 0 Å². The van der Waals surface area contributed by atoms with Gasteiger partial charge in [-0.1, -0.05) is 0 Å². The Hall–Kier alpha value is -1.98. The van der Waals surface area contributed by atoms with Crippen molar-refractivity contribution in [2.75, 3.05) is 26.4 Å². The van der Waals surface area contributed by atoms with Crippen molar-refractivity contribution in [3.63, 3.8) is 0 Å². The first-order chi connectivity index (χ1) is 13.4. The molecule has 0 bridgehead atoms. The predicted octanol–water partition coefficient (Wildman–Crippen LogP) is 3.36. The summed E-state index contributed by atoms with van der Waals surface area (Å²) in [4.78, 5) is 8.41. The molecule has 2 aromatic heterocycles. The fourth-order valence-electron chi connectivity index (χ4n) is 3.56. The molecule has 0 aromatic carbocycles. The Bertz CT molecular complexity index is 706. The summed E-state index contributed by atoms with van der Waals surface area (Å²) in [5, 5.41) is 3.35. The van der Waals surface area contributed by atoms with E-state index >= 15 is 0 Å². The number of nitrogens with one attached hydrogen (secondary N) is 1. The van der Waals surface area contributed by atoms with Gasteiger partial charge in [0.15, 0.2) is 0 Å². The van der Waals surface area contributed by atoms with Crippen LogP contribution >= 0.6 is 0 Å². The molecule has 27 heavy (non-hydrogen) atoms. The Morgan fingerprint density at radius 1 is 1.07 bits per heavy atom. The van der Waals surface area contributed by atoms with Crippen molar-refractivity contribution < 1.29 is 9.47 Å². The number of hydrogen-bond donors (Lipinski definition) is 1. The zero-order valence-electron chi connectivity index (χ0n) is 15.8. The smallest absolute Gasteiger partial charge is 0.137 e. The van der Waals surface area contributed by atoms with E-state index in [-0.39, 0.29) is 0 Å². The van der Waals surface area contributed by atoms with E-state index in [1.54, 1.807) is 0 Å². The number of rotatable bonds is 11. The van der Waals surface area contributed by atoms with Crippen LogP contribution in [-0.2, 0) is 11.2 Å². The van der Waals surface area contributed by atoms with Crippen molar-refractivity contribution in [3.8, 4) is 5.75 Å². The molecular formula is C22H29N3O2. The first-order valence-electron chi connectivity index (χ1n) is 10.2. The molecule has 2 aliphatic rings. The third-order valence-electron chi connectivity index (χ3n) is 5.55. The molecule has 3 atom stereocenters. The Balaban J connectivity index is 1.10. The Morgan fingerprint density at radius 3 is 2.78 bits per heavy atom. The zero-order valence-corrected chi connectivity index (χ0v) is 15.8. The lowest BCUT2D eigenvalue weighted by Crippen LogP contribution is -2.46. The van der Waals surface area contributed by atoms with E-state index in [1.165, 1.54) is 24.0 Å². The van der Waals surface area contributed by atoms with Gasteiger partial charge < -0.3 is 14.8 Å². The topological polar surface area (TPSA) is 56.3 Å². The van der Waals surface area contributed by atoms with Gasteiger partial charge in [0.1, 0.15) is 12.4 Å². The zero-order chi connectivity index (χ0) is 18.3. The first-order valence-corrected chi connectivity index (χ1v) is 10.2. The number of ether oxygens (including phenoxy) is 2. The van der Waals surface area contributed by atoms with E-state index in [2.05, 4.69) is 33.5 Å². The van der Waals surface area contributed by atoms with Crippen molar-refractivity contribution in [2.24, 2.45) is 5.92 Å². The molecule has 5 heteroatoms. The molecule has 0 radical (unpaired) electrons. The van der Waals surface area contributed by atoms with Gasteiger partial charge in [0.2, 0.25) is 0 Å². The second-order valence-corrected chi connectivity index (χ2v) is 7.69. The van der Waals surface area contributed by atoms with Gasteiger partial charge in [0.25, 0.3) is 0 Å². The quantitative estimate of drug-likeness (QED) is 0.617. The van der Waals surface area contributed by atoms with E-state index in [4.69, 9.17) is 9.47 Å². The van der Waals surface area contributed by atoms with Gasteiger partial charge in [-0.2, -0.15) is 0 Å². The maximum atomic E-state index is 5.91. The number of unbranched alkanes of at least 4 members (excludes halogenated alkanes) is 1. The van der Waals surface area contributed by atoms with E-state index in [9.17, 15) is 0 Å². The average molecular weight is 367 g/mol. The summed E-state index contributed by atoms with van der Waals surface area (Å²) in [6.45, 7) is 3.56. The Labute approximate surface area is 161 Å². The van der Waals surface area contributed by atoms with Gasteiger partial charge in [0.05, 0.1) is 6.20 Å². The maximum absolute atomic E-state index is 5.91. The maximum Gasteiger partial charge on any atom is 0.137 e. The van der Waals surface area contributed by atoms with E-state index < -0.39 is 0 Å². The van der Waals surface area contributed by atoms with Crippen LogP contribution in [0.5, 0.6) is 5.75 Å². The third kappa shape index (κ3) is 5.50. The molecule has 0 unspecified atom stereocenters. The summed E-state index contributed by atoms with van der Waals surface area (Å²) in [7, 11) is 0. The molecular weight excluding hydrogens is 338 g/mol. The molecule has 3 heterocycles. The first kappa shape index (κ1) is 18.4. The van der Waals surface area contributed by atoms with Crippen LogP contribution in [0, 0.1) is 5.92 Å². The third-order valence-corrected chi connectivity index (χ3v) is 5.55. The fourth-order valence-corrected chi connectivity index (χ4v) is 3.56. The molecule has 144 valence electrons. The number of nitrogens with zero attached hydrogens (tertiary/aromatic N) is 2. The van der Waals surface area contributed by atoms with Gasteiger partial charge in [-0.25, -0.2) is 0 Å². The monoisotopic (exact) mass is 367 g/mol. The summed E-state index contributed by atoms with van der Waals surface area (Å²) in [6, 6.07) is 6.84. The van der Waals surface area contributed by atoms with E-state index in [0.29, 0.717) is 17.9 Å². The summed E-state index contributed by atoms with van der Waals surface area (Å²) in [5.74, 6) is 2.11. The van der Waals surface area contributed by atoms with Crippen molar-refractivity contribution in [1.82, 2.24) is 15.3 Å². The van der Waals surface area contributed by atoms with Crippen molar-refractivity contribution in [2.45, 2.75) is 44.1 Å². The summed E-state index contributed by atoms with van der Waals surface area (Å²) in [5.41, 5.74) is 2.65. The van der Waals surface area contributed by atoms with Crippen LogP contribution < -0.4 is 10.1 Å². The number of pyridine rings is 2. The largest absolute Gasteiger partial charge is 0.490 e. The molecule has 1 N–H and O–H groups in total. The highest BCUT2D eigenvalue weighted by molar-refractivity contribution is 5.30. The van der Waals surface area contributed by atoms with Crippen LogP contribution in [0.2, 0.25) is 0 Å². The summed E-state index contributed by atoms with van der Waals surface area (Å²) >= 11 is 0. The van der Waals surface area contributed by atoms with Crippen LogP contribution in [-0.4, -0.2) is 42.4 Å². The molecule has 0 amide bonds. The second-order valence-electron chi connectivity index (χ2n) is 7.69. The van der Waals surface area contributed by atoms with Crippen molar-refractivity contribution >= 4 is 0 Å². The van der Waals surface area contributed by atoms with Gasteiger partial charge in [-0.3, -0.25) is 9.97 Å². The Morgan fingerprint density at radius 2 is 1.96 bits per heavy atom. The Kier molecular flexibility index (Phi) is 6.32. The molecule has 5 nitrogen and oxygen atoms in total. The van der Waals surface area contributed by atoms with Gasteiger partial charge in [-0.15, -0.1) is 0 Å².